The fourth-order valence-corrected chi connectivity index (χ4v) is 3.98. The van der Waals surface area contributed by atoms with Crippen molar-refractivity contribution in [2.24, 2.45) is 0 Å². The summed E-state index contributed by atoms with van der Waals surface area (Å²) in [6, 6.07) is 59.1. The fraction of sp³-hybridized carbons (Fsp3) is 0. The first-order valence-electron chi connectivity index (χ1n) is 15.4. The van der Waals surface area contributed by atoms with Gasteiger partial charge < -0.3 is 10.2 Å². The molecule has 50 heavy (non-hydrogen) atoms. The monoisotopic (exact) mass is 754 g/mol. The van der Waals surface area contributed by atoms with Crippen LogP contribution in [0.5, 0.6) is 11.5 Å². The van der Waals surface area contributed by atoms with Crippen LogP contribution in [0.15, 0.2) is 194 Å². The summed E-state index contributed by atoms with van der Waals surface area (Å²) in [7, 11) is 0. The van der Waals surface area contributed by atoms with Crippen LogP contribution >= 0.6 is 0 Å². The maximum atomic E-state index is 12.0. The number of rotatable bonds is 0. The molecular formula is C44H38F2O2SiZr-4. The molecule has 0 aliphatic heterocycles. The third kappa shape index (κ3) is 17.8. The van der Waals surface area contributed by atoms with Gasteiger partial charge in [-0.2, -0.15) is 84.3 Å². The van der Waals surface area contributed by atoms with Crippen LogP contribution < -0.4 is 0 Å². The van der Waals surface area contributed by atoms with Crippen LogP contribution in [0.1, 0.15) is 11.1 Å². The predicted molar refractivity (Wildman–Crippen MR) is 203 cm³/mol. The van der Waals surface area contributed by atoms with Gasteiger partial charge in [0.05, 0.1) is 0 Å². The number of benzene rings is 6. The molecule has 0 unspecified atom stereocenters. The van der Waals surface area contributed by atoms with Crippen molar-refractivity contribution >= 4 is 28.4 Å². The molecule has 0 atom stereocenters. The van der Waals surface area contributed by atoms with Crippen molar-refractivity contribution < 1.29 is 42.3 Å². The summed E-state index contributed by atoms with van der Waals surface area (Å²) >= 11 is 1.36. The minimum absolute atomic E-state index is 0.0893. The van der Waals surface area contributed by atoms with Gasteiger partial charge in [0.1, 0.15) is 23.1 Å². The van der Waals surface area contributed by atoms with E-state index in [0.717, 1.165) is 11.1 Å². The van der Waals surface area contributed by atoms with Gasteiger partial charge in [-0.05, 0) is 48.5 Å². The third-order valence-corrected chi connectivity index (χ3v) is 6.43. The average Bonchev–Trinajstić information content (AvgIpc) is 3.84. The maximum absolute atomic E-state index is 12.0. The number of aromatic hydroxyl groups is 2. The van der Waals surface area contributed by atoms with E-state index in [2.05, 4.69) is 106 Å². The second-order valence-corrected chi connectivity index (χ2v) is 10.2. The van der Waals surface area contributed by atoms with Gasteiger partial charge in [0.15, 0.2) is 0 Å². The molecule has 0 amide bonds. The van der Waals surface area contributed by atoms with E-state index in [0.29, 0.717) is 0 Å². The van der Waals surface area contributed by atoms with Crippen molar-refractivity contribution in [1.82, 2.24) is 0 Å². The van der Waals surface area contributed by atoms with E-state index in [4.69, 9.17) is 10.2 Å². The molecule has 252 valence electrons. The molecule has 8 aromatic rings. The van der Waals surface area contributed by atoms with E-state index in [1.54, 1.807) is 0 Å². The third-order valence-electron chi connectivity index (χ3n) is 6.43. The van der Waals surface area contributed by atoms with Crippen LogP contribution in [0.25, 0.3) is 21.5 Å². The second-order valence-electron chi connectivity index (χ2n) is 10.2. The first kappa shape index (κ1) is 41.0. The van der Waals surface area contributed by atoms with Crippen LogP contribution in [0.2, 0.25) is 0 Å². The summed E-state index contributed by atoms with van der Waals surface area (Å²) in [5, 5.41) is 22.5. The van der Waals surface area contributed by atoms with E-state index in [9.17, 15) is 8.78 Å². The van der Waals surface area contributed by atoms with Crippen LogP contribution in [0.3, 0.4) is 0 Å². The Morgan fingerprint density at radius 1 is 0.420 bits per heavy atom. The zero-order valence-corrected chi connectivity index (χ0v) is 31.0. The average molecular weight is 756 g/mol. The quantitative estimate of drug-likeness (QED) is 0.120. The molecule has 0 fully saturated rings. The van der Waals surface area contributed by atoms with Crippen molar-refractivity contribution in [1.29, 1.82) is 0 Å². The molecule has 0 aromatic heterocycles. The molecule has 2 N–H and O–H groups in total. The maximum Gasteiger partial charge on any atom is -0.0809 e. The zero-order chi connectivity index (χ0) is 36.4. The molecule has 0 saturated carbocycles. The summed E-state index contributed by atoms with van der Waals surface area (Å²) in [5.41, 5.74) is 2.14. The summed E-state index contributed by atoms with van der Waals surface area (Å²) in [6.07, 6.45) is 0. The Hall–Kier alpha value is -5.16. The van der Waals surface area contributed by atoms with Gasteiger partial charge in [-0.1, -0.05) is 24.3 Å². The number of fused-ring (bicyclic) bond motifs is 2. The number of phenols is 2. The summed E-state index contributed by atoms with van der Waals surface area (Å²) in [6.45, 7) is 10.5. The van der Waals surface area contributed by atoms with Crippen molar-refractivity contribution in [3.8, 4) is 11.5 Å². The zero-order valence-electron chi connectivity index (χ0n) is 27.5. The van der Waals surface area contributed by atoms with Gasteiger partial charge in [0.25, 0.3) is 0 Å². The molecule has 0 heterocycles. The van der Waals surface area contributed by atoms with Crippen molar-refractivity contribution in [3.63, 3.8) is 0 Å². The van der Waals surface area contributed by atoms with Gasteiger partial charge >= 0.3 is 30.2 Å². The largest absolute Gasteiger partial charge is 0.168 e. The van der Waals surface area contributed by atoms with Crippen LogP contribution in [-0.4, -0.2) is 17.1 Å². The Labute approximate surface area is 311 Å². The number of phenolic OH excluding ortho intramolecular Hbond substituents is 2. The van der Waals surface area contributed by atoms with E-state index in [1.165, 1.54) is 93.4 Å². The SMILES string of the molecule is Oc1ccc(F)cc1.Oc1ccc(F)cc1.[CH2-]c1ccccc1.[CH2-]c1ccccc1.[Si]=[Zr].c1ccc2[cH-]ccc2c1.c1ccc2[cH-]ccc2c1. The van der Waals surface area contributed by atoms with Crippen molar-refractivity contribution in [2.75, 3.05) is 0 Å². The minimum Gasteiger partial charge on any atom is -0.168 e. The Balaban J connectivity index is 0.000000207. The minimum atomic E-state index is -0.331. The summed E-state index contributed by atoms with van der Waals surface area (Å²) < 4.78 is 24.0. The smallest absolute Gasteiger partial charge is 0.0809 e. The molecule has 2 radical (unpaired) electrons. The van der Waals surface area contributed by atoms with Gasteiger partial charge in [0, 0.05) is 0 Å². The molecule has 8 rings (SSSR count). The Bertz CT molecular complexity index is 1740. The molecular weight excluding hydrogens is 718 g/mol. The number of hydrogen-bond donors (Lipinski definition) is 2. The fourth-order valence-electron chi connectivity index (χ4n) is 3.98. The van der Waals surface area contributed by atoms with Crippen molar-refractivity contribution in [3.05, 3.63) is 231 Å². The first-order chi connectivity index (χ1) is 24.3. The van der Waals surface area contributed by atoms with E-state index >= 15 is 0 Å². The Morgan fingerprint density at radius 3 is 0.980 bits per heavy atom. The number of hydrogen-bond acceptors (Lipinski definition) is 2. The van der Waals surface area contributed by atoms with Crippen LogP contribution in [0, 0.1) is 25.5 Å². The van der Waals surface area contributed by atoms with Crippen molar-refractivity contribution in [2.45, 2.75) is 0 Å². The Morgan fingerprint density at radius 2 is 0.720 bits per heavy atom. The standard InChI is InChI=1S/2C9H7.2C7H7.2C6H5FO.Si.Zr/c2*1-2-5-9-7-3-6-8(9)4-1;2*1-7-5-3-2-4-6-7;2*7-5-1-3-6(8)4-2-5;;/h2*1-7H;2*2-6H,1H2;2*1-4,8H;;/q4*-1;;;;. The van der Waals surface area contributed by atoms with Gasteiger partial charge in [-0.3, -0.25) is 0 Å². The molecule has 0 spiro atoms. The Kier molecular flexibility index (Phi) is 20.4. The molecule has 2 nitrogen and oxygen atoms in total. The topological polar surface area (TPSA) is 40.5 Å². The summed E-state index contributed by atoms with van der Waals surface area (Å²) in [5.74, 6) is -0.483. The first-order valence-corrected chi connectivity index (χ1v) is 19.6. The van der Waals surface area contributed by atoms with Gasteiger partial charge in [-0.15, -0.1) is 83.6 Å². The van der Waals surface area contributed by atoms with Crippen LogP contribution in [0.4, 0.5) is 8.78 Å². The molecule has 6 heteroatoms. The number of halogens is 2. The van der Waals surface area contributed by atoms with E-state index in [1.807, 2.05) is 60.7 Å². The molecule has 0 saturated heterocycles. The predicted octanol–water partition coefficient (Wildman–Crippen LogP) is 11.5. The summed E-state index contributed by atoms with van der Waals surface area (Å²) in [4.78, 5) is 0. The normalized spacial score (nSPS) is 9.06. The van der Waals surface area contributed by atoms with Crippen LogP contribution in [-0.2, 0) is 23.3 Å². The molecule has 8 aromatic carbocycles. The molecule has 0 aliphatic rings. The second kappa shape index (κ2) is 24.9. The van der Waals surface area contributed by atoms with Gasteiger partial charge in [-0.25, -0.2) is 8.78 Å². The molecule has 0 aliphatic carbocycles. The van der Waals surface area contributed by atoms with Gasteiger partial charge in [0.2, 0.25) is 0 Å². The van der Waals surface area contributed by atoms with E-state index in [-0.39, 0.29) is 23.1 Å². The molecule has 0 bridgehead atoms. The van der Waals surface area contributed by atoms with E-state index < -0.39 is 0 Å².